The van der Waals surface area contributed by atoms with E-state index in [0.29, 0.717) is 18.4 Å². The molecule has 0 aliphatic carbocycles. The normalized spacial score (nSPS) is 15.0. The van der Waals surface area contributed by atoms with Crippen molar-refractivity contribution in [2.24, 2.45) is 11.8 Å². The van der Waals surface area contributed by atoms with Gasteiger partial charge >= 0.3 is 6.09 Å². The molecule has 0 aromatic carbocycles. The van der Waals surface area contributed by atoms with E-state index in [-0.39, 0.29) is 12.1 Å². The highest BCUT2D eigenvalue weighted by molar-refractivity contribution is 5.67. The van der Waals surface area contributed by atoms with E-state index in [1.807, 2.05) is 20.8 Å². The van der Waals surface area contributed by atoms with Gasteiger partial charge in [-0.1, -0.05) is 20.8 Å². The highest BCUT2D eigenvalue weighted by Gasteiger charge is 2.19. The fraction of sp³-hybridized carbons (Fsp3) is 0.933. The number of amides is 1. The first-order valence-electron chi connectivity index (χ1n) is 7.35. The van der Waals surface area contributed by atoms with Crippen molar-refractivity contribution < 1.29 is 14.3 Å². The number of alkyl carbamates (subject to hydrolysis) is 1. The second-order valence-corrected chi connectivity index (χ2v) is 6.70. The molecule has 2 unspecified atom stereocenters. The van der Waals surface area contributed by atoms with Crippen LogP contribution < -0.4 is 10.6 Å². The first-order chi connectivity index (χ1) is 9.15. The summed E-state index contributed by atoms with van der Waals surface area (Å²) in [7, 11) is 1.71. The van der Waals surface area contributed by atoms with E-state index in [0.717, 1.165) is 13.2 Å². The highest BCUT2D eigenvalue weighted by atomic mass is 16.6. The van der Waals surface area contributed by atoms with Crippen LogP contribution in [0, 0.1) is 11.8 Å². The van der Waals surface area contributed by atoms with Crippen LogP contribution in [-0.2, 0) is 9.47 Å². The number of rotatable bonds is 8. The van der Waals surface area contributed by atoms with Gasteiger partial charge in [-0.3, -0.25) is 0 Å². The number of methoxy groups -OCH3 is 1. The Kier molecular flexibility index (Phi) is 8.81. The third-order valence-corrected chi connectivity index (χ3v) is 2.85. The Labute approximate surface area is 123 Å². The molecule has 120 valence electrons. The van der Waals surface area contributed by atoms with Crippen LogP contribution in [0.25, 0.3) is 0 Å². The lowest BCUT2D eigenvalue weighted by molar-refractivity contribution is 0.0518. The van der Waals surface area contributed by atoms with E-state index >= 15 is 0 Å². The standard InChI is InChI=1S/C15H32N2O3/c1-11(2)13(16-8-12(3)10-19-7)9-17-14(18)20-15(4,5)6/h11-13,16H,8-10H2,1-7H3,(H,17,18). The molecule has 0 aromatic rings. The van der Waals surface area contributed by atoms with E-state index in [9.17, 15) is 4.79 Å². The van der Waals surface area contributed by atoms with E-state index in [4.69, 9.17) is 9.47 Å². The number of ether oxygens (including phenoxy) is 2. The van der Waals surface area contributed by atoms with Crippen molar-refractivity contribution in [3.8, 4) is 0 Å². The van der Waals surface area contributed by atoms with Crippen molar-refractivity contribution >= 4 is 6.09 Å². The largest absolute Gasteiger partial charge is 0.444 e. The molecule has 2 atom stereocenters. The summed E-state index contributed by atoms with van der Waals surface area (Å²) >= 11 is 0. The van der Waals surface area contributed by atoms with Gasteiger partial charge in [-0.05, 0) is 32.6 Å². The van der Waals surface area contributed by atoms with Gasteiger partial charge < -0.3 is 20.1 Å². The zero-order chi connectivity index (χ0) is 15.8. The number of nitrogens with one attached hydrogen (secondary N) is 2. The van der Waals surface area contributed by atoms with Crippen LogP contribution >= 0.6 is 0 Å². The fourth-order valence-corrected chi connectivity index (χ4v) is 1.75. The van der Waals surface area contributed by atoms with Crippen LogP contribution in [0.3, 0.4) is 0 Å². The van der Waals surface area contributed by atoms with Gasteiger partial charge in [0, 0.05) is 32.8 Å². The Morgan fingerprint density at radius 3 is 2.20 bits per heavy atom. The van der Waals surface area contributed by atoms with Gasteiger partial charge in [-0.15, -0.1) is 0 Å². The minimum atomic E-state index is -0.460. The van der Waals surface area contributed by atoms with Crippen molar-refractivity contribution in [3.05, 3.63) is 0 Å². The summed E-state index contributed by atoms with van der Waals surface area (Å²) < 4.78 is 10.4. The van der Waals surface area contributed by atoms with Gasteiger partial charge in [0.15, 0.2) is 0 Å². The molecule has 0 saturated carbocycles. The van der Waals surface area contributed by atoms with E-state index in [1.54, 1.807) is 7.11 Å². The van der Waals surface area contributed by atoms with Crippen LogP contribution in [0.2, 0.25) is 0 Å². The molecule has 0 heterocycles. The van der Waals surface area contributed by atoms with Gasteiger partial charge in [0.2, 0.25) is 0 Å². The lowest BCUT2D eigenvalue weighted by Gasteiger charge is -2.26. The van der Waals surface area contributed by atoms with Crippen LogP contribution in [0.1, 0.15) is 41.5 Å². The molecule has 0 fully saturated rings. The van der Waals surface area contributed by atoms with E-state index in [2.05, 4.69) is 31.4 Å². The maximum absolute atomic E-state index is 11.6. The smallest absolute Gasteiger partial charge is 0.407 e. The average Bonchev–Trinajstić information content (AvgIpc) is 2.26. The molecule has 0 spiro atoms. The molecule has 0 bridgehead atoms. The van der Waals surface area contributed by atoms with Crippen LogP contribution in [0.15, 0.2) is 0 Å². The van der Waals surface area contributed by atoms with E-state index < -0.39 is 5.60 Å². The first-order valence-corrected chi connectivity index (χ1v) is 7.35. The number of hydrogen-bond acceptors (Lipinski definition) is 4. The summed E-state index contributed by atoms with van der Waals surface area (Å²) in [6.45, 7) is 14.1. The quantitative estimate of drug-likeness (QED) is 0.720. The Bertz CT molecular complexity index is 275. The molecule has 0 radical (unpaired) electrons. The number of hydrogen-bond donors (Lipinski definition) is 2. The molecule has 0 aliphatic rings. The second kappa shape index (κ2) is 9.19. The Hall–Kier alpha value is -0.810. The van der Waals surface area contributed by atoms with Crippen molar-refractivity contribution in [1.82, 2.24) is 10.6 Å². The summed E-state index contributed by atoms with van der Waals surface area (Å²) in [5, 5.41) is 6.29. The fourth-order valence-electron chi connectivity index (χ4n) is 1.75. The molecule has 20 heavy (non-hydrogen) atoms. The summed E-state index contributed by atoms with van der Waals surface area (Å²) in [6, 6.07) is 0.224. The lowest BCUT2D eigenvalue weighted by Crippen LogP contribution is -2.46. The van der Waals surface area contributed by atoms with Gasteiger partial charge in [-0.2, -0.15) is 0 Å². The number of carbonyl (C=O) groups is 1. The molecule has 5 nitrogen and oxygen atoms in total. The molecule has 2 N–H and O–H groups in total. The summed E-state index contributed by atoms with van der Waals surface area (Å²) in [6.07, 6.45) is -0.366. The topological polar surface area (TPSA) is 59.6 Å². The molecule has 5 heteroatoms. The van der Waals surface area contributed by atoms with Gasteiger partial charge in [0.05, 0.1) is 0 Å². The molecule has 0 aliphatic heterocycles. The van der Waals surface area contributed by atoms with Crippen molar-refractivity contribution in [3.63, 3.8) is 0 Å². The summed E-state index contributed by atoms with van der Waals surface area (Å²) in [5.41, 5.74) is -0.460. The second-order valence-electron chi connectivity index (χ2n) is 6.70. The minimum Gasteiger partial charge on any atom is -0.444 e. The molecule has 0 saturated heterocycles. The summed E-state index contributed by atoms with van der Waals surface area (Å²) in [4.78, 5) is 11.6. The van der Waals surface area contributed by atoms with Gasteiger partial charge in [0.1, 0.15) is 5.60 Å². The van der Waals surface area contributed by atoms with Crippen LogP contribution in [-0.4, -0.2) is 44.5 Å². The van der Waals surface area contributed by atoms with Crippen molar-refractivity contribution in [2.45, 2.75) is 53.2 Å². The van der Waals surface area contributed by atoms with Crippen LogP contribution in [0.5, 0.6) is 0 Å². The maximum atomic E-state index is 11.6. The van der Waals surface area contributed by atoms with Crippen molar-refractivity contribution in [1.29, 1.82) is 0 Å². The van der Waals surface area contributed by atoms with Crippen molar-refractivity contribution in [2.75, 3.05) is 26.8 Å². The predicted molar refractivity (Wildman–Crippen MR) is 81.9 cm³/mol. The van der Waals surface area contributed by atoms with Gasteiger partial charge in [0.25, 0.3) is 0 Å². The maximum Gasteiger partial charge on any atom is 0.407 e. The minimum absolute atomic E-state index is 0.224. The monoisotopic (exact) mass is 288 g/mol. The number of carbonyl (C=O) groups excluding carboxylic acids is 1. The molecular formula is C15H32N2O3. The Morgan fingerprint density at radius 1 is 1.15 bits per heavy atom. The molecule has 1 amide bonds. The molecular weight excluding hydrogens is 256 g/mol. The summed E-state index contributed by atoms with van der Waals surface area (Å²) in [5.74, 6) is 0.877. The third kappa shape index (κ3) is 10.0. The molecule has 0 rings (SSSR count). The van der Waals surface area contributed by atoms with Gasteiger partial charge in [-0.25, -0.2) is 4.79 Å². The zero-order valence-corrected chi connectivity index (χ0v) is 14.1. The average molecular weight is 288 g/mol. The highest BCUT2D eigenvalue weighted by Crippen LogP contribution is 2.07. The zero-order valence-electron chi connectivity index (χ0n) is 14.1. The van der Waals surface area contributed by atoms with Crippen LogP contribution in [0.4, 0.5) is 4.79 Å². The predicted octanol–water partition coefficient (Wildman–Crippen LogP) is 2.41. The first kappa shape index (κ1) is 19.2. The van der Waals surface area contributed by atoms with E-state index in [1.165, 1.54) is 0 Å². The lowest BCUT2D eigenvalue weighted by atomic mass is 10.0. The SMILES string of the molecule is COCC(C)CNC(CNC(=O)OC(C)(C)C)C(C)C. The Morgan fingerprint density at radius 2 is 1.75 bits per heavy atom. The Balaban J connectivity index is 4.12. The molecule has 0 aromatic heterocycles. The third-order valence-electron chi connectivity index (χ3n) is 2.85.